The largest absolute Gasteiger partial charge is 0.343 e. The van der Waals surface area contributed by atoms with Gasteiger partial charge in [-0.15, -0.1) is 0 Å². The quantitative estimate of drug-likeness (QED) is 0.638. The summed E-state index contributed by atoms with van der Waals surface area (Å²) in [7, 11) is 0. The maximum Gasteiger partial charge on any atom is 0.123 e. The van der Waals surface area contributed by atoms with Gasteiger partial charge in [0, 0.05) is 23.6 Å². The summed E-state index contributed by atoms with van der Waals surface area (Å²) >= 11 is 0. The molecule has 0 radical (unpaired) electrons. The molecule has 2 heteroatoms. The lowest BCUT2D eigenvalue weighted by Crippen LogP contribution is -1.95. The summed E-state index contributed by atoms with van der Waals surface area (Å²) in [6.07, 6.45) is 1.96. The lowest BCUT2D eigenvalue weighted by molar-refractivity contribution is 0.629. The third-order valence-corrected chi connectivity index (χ3v) is 2.17. The van der Waals surface area contributed by atoms with Crippen molar-refractivity contribution in [3.05, 3.63) is 48.4 Å². The van der Waals surface area contributed by atoms with Gasteiger partial charge < -0.3 is 4.57 Å². The van der Waals surface area contributed by atoms with Gasteiger partial charge in [-0.2, -0.15) is 0 Å². The molecule has 0 aliphatic heterocycles. The molecule has 0 fully saturated rings. The van der Waals surface area contributed by atoms with Gasteiger partial charge in [0.1, 0.15) is 5.82 Å². The van der Waals surface area contributed by atoms with Crippen LogP contribution in [0.1, 0.15) is 6.92 Å². The van der Waals surface area contributed by atoms with Crippen LogP contribution in [0.2, 0.25) is 0 Å². The van der Waals surface area contributed by atoms with Crippen molar-refractivity contribution in [2.75, 3.05) is 0 Å². The van der Waals surface area contributed by atoms with E-state index < -0.39 is 0 Å². The molecule has 0 saturated heterocycles. The lowest BCUT2D eigenvalue weighted by atomic mass is 10.2. The van der Waals surface area contributed by atoms with Gasteiger partial charge in [-0.3, -0.25) is 0 Å². The van der Waals surface area contributed by atoms with Gasteiger partial charge >= 0.3 is 0 Å². The second kappa shape index (κ2) is 3.29. The van der Waals surface area contributed by atoms with Gasteiger partial charge in [-0.1, -0.05) is 12.2 Å². The van der Waals surface area contributed by atoms with Crippen LogP contribution in [-0.4, -0.2) is 4.57 Å². The average Bonchev–Trinajstić information content (AvgIpc) is 2.47. The fraction of sp³-hybridized carbons (Fsp3) is 0.167. The van der Waals surface area contributed by atoms with Crippen molar-refractivity contribution in [1.29, 1.82) is 0 Å². The number of benzene rings is 1. The van der Waals surface area contributed by atoms with Crippen molar-refractivity contribution in [2.45, 2.75) is 13.5 Å². The molecule has 1 aromatic heterocycles. The minimum absolute atomic E-state index is 0.189. The molecule has 0 saturated carbocycles. The summed E-state index contributed by atoms with van der Waals surface area (Å²) in [5, 5.41) is 0.936. The first-order valence-corrected chi connectivity index (χ1v) is 4.55. The van der Waals surface area contributed by atoms with E-state index in [9.17, 15) is 4.39 Å². The summed E-state index contributed by atoms with van der Waals surface area (Å²) in [6, 6.07) is 6.75. The van der Waals surface area contributed by atoms with Crippen LogP contribution < -0.4 is 0 Å². The molecule has 1 aromatic carbocycles. The number of hydrogen-bond acceptors (Lipinski definition) is 0. The van der Waals surface area contributed by atoms with E-state index in [0.717, 1.165) is 23.0 Å². The molecular weight excluding hydrogens is 177 g/mol. The number of fused-ring (bicyclic) bond motifs is 1. The van der Waals surface area contributed by atoms with E-state index in [-0.39, 0.29) is 5.82 Å². The molecule has 1 heterocycles. The van der Waals surface area contributed by atoms with E-state index in [2.05, 4.69) is 11.1 Å². The highest BCUT2D eigenvalue weighted by molar-refractivity contribution is 5.80. The van der Waals surface area contributed by atoms with Gasteiger partial charge in [-0.25, -0.2) is 4.39 Å². The number of nitrogens with zero attached hydrogens (tertiary/aromatic N) is 1. The molecular formula is C12H12FN. The number of hydrogen-bond donors (Lipinski definition) is 0. The second-order valence-electron chi connectivity index (χ2n) is 3.60. The van der Waals surface area contributed by atoms with Crippen molar-refractivity contribution in [2.24, 2.45) is 0 Å². The Morgan fingerprint density at radius 1 is 1.43 bits per heavy atom. The van der Waals surface area contributed by atoms with E-state index in [4.69, 9.17) is 0 Å². The Labute approximate surface area is 82.5 Å². The molecule has 2 aromatic rings. The van der Waals surface area contributed by atoms with Crippen LogP contribution in [0.3, 0.4) is 0 Å². The topological polar surface area (TPSA) is 4.93 Å². The first kappa shape index (κ1) is 9.00. The zero-order chi connectivity index (χ0) is 10.1. The summed E-state index contributed by atoms with van der Waals surface area (Å²) in [5.41, 5.74) is 2.14. The van der Waals surface area contributed by atoms with Crippen molar-refractivity contribution in [3.8, 4) is 0 Å². The van der Waals surface area contributed by atoms with Gasteiger partial charge in [0.25, 0.3) is 0 Å². The van der Waals surface area contributed by atoms with Crippen LogP contribution in [-0.2, 0) is 6.54 Å². The van der Waals surface area contributed by atoms with E-state index in [1.54, 1.807) is 12.1 Å². The van der Waals surface area contributed by atoms with E-state index in [1.165, 1.54) is 6.07 Å². The minimum Gasteiger partial charge on any atom is -0.343 e. The third kappa shape index (κ3) is 1.55. The molecule has 0 amide bonds. The van der Waals surface area contributed by atoms with Crippen LogP contribution in [0.15, 0.2) is 42.6 Å². The SMILES string of the molecule is C=C(C)Cn1ccc2cc(F)ccc21. The summed E-state index contributed by atoms with van der Waals surface area (Å²) < 4.78 is 14.9. The Morgan fingerprint density at radius 3 is 2.93 bits per heavy atom. The Hall–Kier alpha value is -1.57. The standard InChI is InChI=1S/C12H12FN/c1-9(2)8-14-6-5-10-7-11(13)3-4-12(10)14/h3-7H,1,8H2,2H3. The van der Waals surface area contributed by atoms with Crippen LogP contribution in [0.25, 0.3) is 10.9 Å². The van der Waals surface area contributed by atoms with Crippen LogP contribution >= 0.6 is 0 Å². The molecule has 0 aliphatic carbocycles. The fourth-order valence-corrected chi connectivity index (χ4v) is 1.60. The molecule has 14 heavy (non-hydrogen) atoms. The Balaban J connectivity index is 2.52. The number of aromatic nitrogens is 1. The van der Waals surface area contributed by atoms with E-state index in [1.807, 2.05) is 19.2 Å². The van der Waals surface area contributed by atoms with Gasteiger partial charge in [0.2, 0.25) is 0 Å². The smallest absolute Gasteiger partial charge is 0.123 e. The average molecular weight is 189 g/mol. The number of allylic oxidation sites excluding steroid dienone is 1. The molecule has 72 valence electrons. The van der Waals surface area contributed by atoms with Crippen molar-refractivity contribution >= 4 is 10.9 Å². The highest BCUT2D eigenvalue weighted by Gasteiger charge is 2.01. The maximum atomic E-state index is 12.9. The zero-order valence-electron chi connectivity index (χ0n) is 8.13. The first-order valence-electron chi connectivity index (χ1n) is 4.55. The number of rotatable bonds is 2. The summed E-state index contributed by atoms with van der Waals surface area (Å²) in [5.74, 6) is -0.189. The first-order chi connectivity index (χ1) is 6.66. The van der Waals surface area contributed by atoms with Gasteiger partial charge in [0.05, 0.1) is 0 Å². The van der Waals surface area contributed by atoms with Crippen molar-refractivity contribution in [3.63, 3.8) is 0 Å². The molecule has 0 N–H and O–H groups in total. The monoisotopic (exact) mass is 189 g/mol. The Morgan fingerprint density at radius 2 is 2.21 bits per heavy atom. The van der Waals surface area contributed by atoms with Crippen LogP contribution in [0.4, 0.5) is 4.39 Å². The minimum atomic E-state index is -0.189. The maximum absolute atomic E-state index is 12.9. The highest BCUT2D eigenvalue weighted by atomic mass is 19.1. The van der Waals surface area contributed by atoms with Gasteiger partial charge in [-0.05, 0) is 31.2 Å². The molecule has 0 spiro atoms. The Kier molecular flexibility index (Phi) is 2.12. The summed E-state index contributed by atoms with van der Waals surface area (Å²) in [4.78, 5) is 0. The van der Waals surface area contributed by atoms with Crippen LogP contribution in [0, 0.1) is 5.82 Å². The van der Waals surface area contributed by atoms with Crippen molar-refractivity contribution in [1.82, 2.24) is 4.57 Å². The van der Waals surface area contributed by atoms with Crippen molar-refractivity contribution < 1.29 is 4.39 Å². The zero-order valence-corrected chi connectivity index (χ0v) is 8.13. The predicted octanol–water partition coefficient (Wildman–Crippen LogP) is 3.36. The molecule has 0 unspecified atom stereocenters. The molecule has 1 nitrogen and oxygen atoms in total. The number of halogens is 1. The van der Waals surface area contributed by atoms with E-state index >= 15 is 0 Å². The molecule has 2 rings (SSSR count). The normalized spacial score (nSPS) is 10.7. The lowest BCUT2D eigenvalue weighted by Gasteiger charge is -2.03. The predicted molar refractivity (Wildman–Crippen MR) is 56.7 cm³/mol. The third-order valence-electron chi connectivity index (χ3n) is 2.17. The fourth-order valence-electron chi connectivity index (χ4n) is 1.60. The van der Waals surface area contributed by atoms with Gasteiger partial charge in [0.15, 0.2) is 0 Å². The molecule has 0 bridgehead atoms. The molecule has 0 aliphatic rings. The molecule has 0 atom stereocenters. The Bertz CT molecular complexity index is 482. The highest BCUT2D eigenvalue weighted by Crippen LogP contribution is 2.17. The second-order valence-corrected chi connectivity index (χ2v) is 3.60. The summed E-state index contributed by atoms with van der Waals surface area (Å²) in [6.45, 7) is 6.63. The van der Waals surface area contributed by atoms with Crippen LogP contribution in [0.5, 0.6) is 0 Å². The van der Waals surface area contributed by atoms with E-state index in [0.29, 0.717) is 0 Å².